The third-order valence-corrected chi connectivity index (χ3v) is 3.25. The molecule has 1 heterocycles. The summed E-state index contributed by atoms with van der Waals surface area (Å²) >= 11 is 1.57. The lowest BCUT2D eigenvalue weighted by atomic mass is 10.1. The van der Waals surface area contributed by atoms with E-state index >= 15 is 0 Å². The molecule has 96 valence electrons. The van der Waals surface area contributed by atoms with E-state index in [1.54, 1.807) is 17.4 Å². The molecule has 0 aliphatic carbocycles. The van der Waals surface area contributed by atoms with Gasteiger partial charge in [0.1, 0.15) is 0 Å². The zero-order valence-corrected chi connectivity index (χ0v) is 10.7. The number of carboxylic acids is 1. The molecule has 5 heteroatoms. The van der Waals surface area contributed by atoms with Crippen LogP contribution in [0.25, 0.3) is 10.4 Å². The van der Waals surface area contributed by atoms with Gasteiger partial charge in [-0.3, -0.25) is 4.79 Å². The summed E-state index contributed by atoms with van der Waals surface area (Å²) in [6, 6.07) is 11.3. The van der Waals surface area contributed by atoms with Crippen LogP contribution in [0.1, 0.15) is 0 Å². The Labute approximate surface area is 114 Å². The molecular weight excluding hydrogens is 262 g/mol. The van der Waals surface area contributed by atoms with E-state index in [2.05, 4.69) is 5.32 Å². The number of hydrogen-bond donors (Lipinski definition) is 2. The number of carboxylic acid groups (broad SMARTS) is 1. The van der Waals surface area contributed by atoms with E-state index in [0.717, 1.165) is 22.6 Å². The normalized spacial score (nSPS) is 10.5. The molecule has 0 aliphatic heterocycles. The highest BCUT2D eigenvalue weighted by molar-refractivity contribution is 7.13. The Morgan fingerprint density at radius 2 is 1.89 bits per heavy atom. The van der Waals surface area contributed by atoms with Crippen molar-refractivity contribution >= 4 is 28.9 Å². The molecule has 2 aromatic rings. The number of hydrogen-bond acceptors (Lipinski definition) is 3. The van der Waals surface area contributed by atoms with Crippen LogP contribution in [-0.2, 0) is 9.59 Å². The molecule has 4 nitrogen and oxygen atoms in total. The molecule has 0 saturated carbocycles. The van der Waals surface area contributed by atoms with Gasteiger partial charge >= 0.3 is 5.97 Å². The van der Waals surface area contributed by atoms with Crippen LogP contribution in [0.2, 0.25) is 0 Å². The van der Waals surface area contributed by atoms with Gasteiger partial charge in [0.25, 0.3) is 0 Å². The molecular formula is C14H11NO3S. The summed E-state index contributed by atoms with van der Waals surface area (Å²) in [6.45, 7) is 0. The number of nitrogens with one attached hydrogen (secondary N) is 1. The number of para-hydroxylation sites is 1. The number of aliphatic carboxylic acids is 1. The molecule has 1 amide bonds. The summed E-state index contributed by atoms with van der Waals surface area (Å²) in [5, 5.41) is 13.1. The van der Waals surface area contributed by atoms with Crippen molar-refractivity contribution in [1.82, 2.24) is 0 Å². The van der Waals surface area contributed by atoms with Crippen molar-refractivity contribution in [3.05, 3.63) is 53.9 Å². The lowest BCUT2D eigenvalue weighted by Gasteiger charge is -2.07. The summed E-state index contributed by atoms with van der Waals surface area (Å²) in [5.74, 6) is -1.62. The van der Waals surface area contributed by atoms with Crippen molar-refractivity contribution in [2.45, 2.75) is 0 Å². The van der Waals surface area contributed by atoms with Gasteiger partial charge in [-0.25, -0.2) is 4.79 Å². The molecule has 0 unspecified atom stereocenters. The van der Waals surface area contributed by atoms with Gasteiger partial charge in [0.05, 0.1) is 0 Å². The van der Waals surface area contributed by atoms with E-state index in [-0.39, 0.29) is 0 Å². The topological polar surface area (TPSA) is 66.4 Å². The fourth-order valence-corrected chi connectivity index (χ4v) is 2.33. The Morgan fingerprint density at radius 3 is 2.58 bits per heavy atom. The van der Waals surface area contributed by atoms with Gasteiger partial charge in [0, 0.05) is 28.3 Å². The van der Waals surface area contributed by atoms with Gasteiger partial charge in [-0.2, -0.15) is 0 Å². The maximum atomic E-state index is 11.6. The lowest BCUT2D eigenvalue weighted by molar-refractivity contribution is -0.131. The average Bonchev–Trinajstić information content (AvgIpc) is 2.91. The Bertz CT molecular complexity index is 617. The van der Waals surface area contributed by atoms with Gasteiger partial charge in [0.15, 0.2) is 0 Å². The van der Waals surface area contributed by atoms with Crippen LogP contribution in [0.4, 0.5) is 5.69 Å². The predicted octanol–water partition coefficient (Wildman–Crippen LogP) is 2.99. The Balaban J connectivity index is 2.22. The Morgan fingerprint density at radius 1 is 1.11 bits per heavy atom. The van der Waals surface area contributed by atoms with Crippen molar-refractivity contribution in [2.75, 3.05) is 5.32 Å². The first-order valence-electron chi connectivity index (χ1n) is 5.52. The second-order valence-corrected chi connectivity index (χ2v) is 4.63. The Hall–Kier alpha value is -2.40. The molecule has 0 saturated heterocycles. The predicted molar refractivity (Wildman–Crippen MR) is 75.2 cm³/mol. The van der Waals surface area contributed by atoms with E-state index in [0.29, 0.717) is 5.69 Å². The van der Waals surface area contributed by atoms with E-state index < -0.39 is 11.9 Å². The number of carbonyl (C=O) groups excluding carboxylic acids is 1. The summed E-state index contributed by atoms with van der Waals surface area (Å²) in [6.07, 6.45) is 1.80. The summed E-state index contributed by atoms with van der Waals surface area (Å²) in [5.41, 5.74) is 1.57. The quantitative estimate of drug-likeness (QED) is 0.841. The van der Waals surface area contributed by atoms with Gasteiger partial charge in [0.2, 0.25) is 5.91 Å². The number of amides is 1. The van der Waals surface area contributed by atoms with Crippen LogP contribution in [0.5, 0.6) is 0 Å². The molecule has 2 N–H and O–H groups in total. The Kier molecular flexibility index (Phi) is 4.10. The SMILES string of the molecule is O=C(O)/C=C/C(=O)Nc1ccccc1-c1cccs1. The molecule has 0 atom stereocenters. The van der Waals surface area contributed by atoms with Gasteiger partial charge in [-0.1, -0.05) is 24.3 Å². The number of carbonyl (C=O) groups is 2. The first kappa shape index (κ1) is 13.0. The van der Waals surface area contributed by atoms with Gasteiger partial charge in [-0.15, -0.1) is 11.3 Å². The first-order valence-corrected chi connectivity index (χ1v) is 6.39. The van der Waals surface area contributed by atoms with E-state index in [9.17, 15) is 9.59 Å². The van der Waals surface area contributed by atoms with E-state index in [1.807, 2.05) is 35.7 Å². The zero-order valence-electron chi connectivity index (χ0n) is 9.87. The smallest absolute Gasteiger partial charge is 0.328 e. The van der Waals surface area contributed by atoms with Crippen molar-refractivity contribution in [1.29, 1.82) is 0 Å². The minimum absolute atomic E-state index is 0.466. The zero-order chi connectivity index (χ0) is 13.7. The van der Waals surface area contributed by atoms with E-state index in [4.69, 9.17) is 5.11 Å². The number of anilines is 1. The highest BCUT2D eigenvalue weighted by Gasteiger charge is 2.07. The van der Waals surface area contributed by atoms with Crippen LogP contribution in [-0.4, -0.2) is 17.0 Å². The third-order valence-electron chi connectivity index (χ3n) is 2.35. The van der Waals surface area contributed by atoms with Crippen LogP contribution < -0.4 is 5.32 Å². The minimum Gasteiger partial charge on any atom is -0.478 e. The standard InChI is InChI=1S/C14H11NO3S/c16-13(7-8-14(17)18)15-11-5-2-1-4-10(11)12-6-3-9-19-12/h1-9H,(H,15,16)(H,17,18)/b8-7+. The van der Waals surface area contributed by atoms with Crippen molar-refractivity contribution in [2.24, 2.45) is 0 Å². The molecule has 0 bridgehead atoms. The maximum Gasteiger partial charge on any atom is 0.328 e. The van der Waals surface area contributed by atoms with Crippen LogP contribution >= 0.6 is 11.3 Å². The van der Waals surface area contributed by atoms with Crippen molar-refractivity contribution < 1.29 is 14.7 Å². The monoisotopic (exact) mass is 273 g/mol. The minimum atomic E-state index is -1.15. The number of rotatable bonds is 4. The van der Waals surface area contributed by atoms with Crippen molar-refractivity contribution in [3.63, 3.8) is 0 Å². The van der Waals surface area contributed by atoms with Crippen LogP contribution in [0.3, 0.4) is 0 Å². The second-order valence-electron chi connectivity index (χ2n) is 3.68. The first-order chi connectivity index (χ1) is 9.16. The van der Waals surface area contributed by atoms with E-state index in [1.165, 1.54) is 0 Å². The maximum absolute atomic E-state index is 11.6. The summed E-state index contributed by atoms with van der Waals surface area (Å²) < 4.78 is 0. The van der Waals surface area contributed by atoms with Gasteiger partial charge < -0.3 is 10.4 Å². The van der Waals surface area contributed by atoms with Gasteiger partial charge in [-0.05, 0) is 17.5 Å². The summed E-state index contributed by atoms with van der Waals surface area (Å²) in [4.78, 5) is 23.0. The summed E-state index contributed by atoms with van der Waals surface area (Å²) in [7, 11) is 0. The fourth-order valence-electron chi connectivity index (χ4n) is 1.56. The molecule has 1 aromatic heterocycles. The molecule has 1 aromatic carbocycles. The molecule has 19 heavy (non-hydrogen) atoms. The van der Waals surface area contributed by atoms with Crippen LogP contribution in [0.15, 0.2) is 53.9 Å². The fraction of sp³-hybridized carbons (Fsp3) is 0. The molecule has 2 rings (SSSR count). The van der Waals surface area contributed by atoms with Crippen molar-refractivity contribution in [3.8, 4) is 10.4 Å². The number of thiophene rings is 1. The van der Waals surface area contributed by atoms with Crippen LogP contribution in [0, 0.1) is 0 Å². The average molecular weight is 273 g/mol. The second kappa shape index (κ2) is 5.97. The number of benzene rings is 1. The lowest BCUT2D eigenvalue weighted by Crippen LogP contribution is -2.09. The molecule has 0 spiro atoms. The molecule has 0 fully saturated rings. The largest absolute Gasteiger partial charge is 0.478 e. The highest BCUT2D eigenvalue weighted by Crippen LogP contribution is 2.31. The molecule has 0 radical (unpaired) electrons. The molecule has 0 aliphatic rings. The third kappa shape index (κ3) is 3.53. The highest BCUT2D eigenvalue weighted by atomic mass is 32.1.